The number of benzene rings is 3. The molecule has 3 rings (SSSR count). The van der Waals surface area contributed by atoms with Crippen molar-refractivity contribution in [1.82, 2.24) is 10.2 Å². The van der Waals surface area contributed by atoms with Crippen molar-refractivity contribution in [2.24, 2.45) is 0 Å². The minimum atomic E-state index is -4.23. The molecule has 2 atom stereocenters. The van der Waals surface area contributed by atoms with Gasteiger partial charge in [-0.2, -0.15) is 0 Å². The average Bonchev–Trinajstić information content (AvgIpc) is 2.92. The fourth-order valence-corrected chi connectivity index (χ4v) is 5.83. The van der Waals surface area contributed by atoms with E-state index < -0.39 is 28.5 Å². The van der Waals surface area contributed by atoms with Crippen LogP contribution in [0.25, 0.3) is 0 Å². The van der Waals surface area contributed by atoms with Gasteiger partial charge in [0.1, 0.15) is 12.6 Å². The van der Waals surface area contributed by atoms with Crippen molar-refractivity contribution in [2.75, 3.05) is 10.8 Å². The van der Waals surface area contributed by atoms with Crippen LogP contribution in [0.15, 0.2) is 77.7 Å². The van der Waals surface area contributed by atoms with Crippen LogP contribution in [-0.4, -0.2) is 43.8 Å². The second-order valence-electron chi connectivity index (χ2n) is 9.34. The smallest absolute Gasteiger partial charge is 0.264 e. The molecule has 0 saturated heterocycles. The first-order chi connectivity index (χ1) is 18.5. The van der Waals surface area contributed by atoms with Gasteiger partial charge < -0.3 is 10.2 Å². The van der Waals surface area contributed by atoms with Crippen molar-refractivity contribution >= 4 is 50.7 Å². The van der Waals surface area contributed by atoms with Crippen molar-refractivity contribution in [2.45, 2.75) is 57.6 Å². The molecule has 1 N–H and O–H groups in total. The third-order valence-corrected chi connectivity index (χ3v) is 9.16. The van der Waals surface area contributed by atoms with E-state index in [2.05, 4.69) is 5.32 Å². The number of carbonyl (C=O) groups excluding carboxylic acids is 2. The van der Waals surface area contributed by atoms with Gasteiger partial charge in [-0.25, -0.2) is 8.42 Å². The predicted octanol–water partition coefficient (Wildman–Crippen LogP) is 5.83. The maximum absolute atomic E-state index is 14.0. The monoisotopic (exact) mass is 589 g/mol. The molecule has 208 valence electrons. The summed E-state index contributed by atoms with van der Waals surface area (Å²) in [5.41, 5.74) is 1.85. The van der Waals surface area contributed by atoms with Crippen molar-refractivity contribution in [3.8, 4) is 0 Å². The number of rotatable bonds is 11. The van der Waals surface area contributed by atoms with Crippen LogP contribution in [0.5, 0.6) is 0 Å². The largest absolute Gasteiger partial charge is 0.352 e. The highest BCUT2D eigenvalue weighted by Gasteiger charge is 2.34. The van der Waals surface area contributed by atoms with Crippen molar-refractivity contribution in [1.29, 1.82) is 0 Å². The number of nitrogens with zero attached hydrogens (tertiary/aromatic N) is 2. The topological polar surface area (TPSA) is 86.8 Å². The summed E-state index contributed by atoms with van der Waals surface area (Å²) in [6.07, 6.45) is 0.723. The Labute approximate surface area is 240 Å². The molecule has 0 saturated carbocycles. The molecule has 2 amide bonds. The summed E-state index contributed by atoms with van der Waals surface area (Å²) in [6.45, 7) is 6.91. The number of carbonyl (C=O) groups is 2. The SMILES string of the molecule is CCC(C)NC(=O)C(C)N(Cc1ccccc1C)C(=O)CN(c1cccc(Cl)c1Cl)S(=O)(=O)c1ccccc1. The van der Waals surface area contributed by atoms with Gasteiger partial charge in [0, 0.05) is 12.6 Å². The molecule has 0 fully saturated rings. The zero-order chi connectivity index (χ0) is 28.7. The molecule has 3 aromatic rings. The van der Waals surface area contributed by atoms with Gasteiger partial charge in [-0.3, -0.25) is 13.9 Å². The van der Waals surface area contributed by atoms with Crippen LogP contribution in [0.3, 0.4) is 0 Å². The highest BCUT2D eigenvalue weighted by molar-refractivity contribution is 7.92. The van der Waals surface area contributed by atoms with E-state index in [1.165, 1.54) is 29.2 Å². The van der Waals surface area contributed by atoms with E-state index in [0.29, 0.717) is 0 Å². The van der Waals surface area contributed by atoms with Gasteiger partial charge in [-0.15, -0.1) is 0 Å². The number of amides is 2. The molecule has 0 bridgehead atoms. The zero-order valence-corrected chi connectivity index (χ0v) is 24.7. The number of aryl methyl sites for hydroxylation is 1. The summed E-state index contributed by atoms with van der Waals surface area (Å²) >= 11 is 12.7. The van der Waals surface area contributed by atoms with Crippen LogP contribution in [-0.2, 0) is 26.2 Å². The van der Waals surface area contributed by atoms with E-state index in [-0.39, 0.29) is 39.1 Å². The maximum Gasteiger partial charge on any atom is 0.264 e. The average molecular weight is 591 g/mol. The summed E-state index contributed by atoms with van der Waals surface area (Å²) in [6, 6.07) is 18.9. The lowest BCUT2D eigenvalue weighted by atomic mass is 10.1. The number of hydrogen-bond donors (Lipinski definition) is 1. The number of hydrogen-bond acceptors (Lipinski definition) is 4. The van der Waals surface area contributed by atoms with Crippen molar-refractivity contribution < 1.29 is 18.0 Å². The molecule has 0 aromatic heterocycles. The third-order valence-electron chi connectivity index (χ3n) is 6.58. The Morgan fingerprint density at radius 3 is 2.21 bits per heavy atom. The summed E-state index contributed by atoms with van der Waals surface area (Å²) < 4.78 is 28.6. The van der Waals surface area contributed by atoms with Gasteiger partial charge in [0.2, 0.25) is 11.8 Å². The molecule has 39 heavy (non-hydrogen) atoms. The summed E-state index contributed by atoms with van der Waals surface area (Å²) in [7, 11) is -4.23. The van der Waals surface area contributed by atoms with Crippen LogP contribution in [0, 0.1) is 6.92 Å². The van der Waals surface area contributed by atoms with Crippen LogP contribution < -0.4 is 9.62 Å². The van der Waals surface area contributed by atoms with Crippen molar-refractivity contribution in [3.63, 3.8) is 0 Å². The Bertz CT molecular complexity index is 1420. The number of halogens is 2. The molecule has 0 heterocycles. The van der Waals surface area contributed by atoms with Crippen LogP contribution in [0.4, 0.5) is 5.69 Å². The Morgan fingerprint density at radius 1 is 0.923 bits per heavy atom. The quantitative estimate of drug-likeness (QED) is 0.305. The van der Waals surface area contributed by atoms with E-state index in [9.17, 15) is 18.0 Å². The number of sulfonamides is 1. The Morgan fingerprint density at radius 2 is 1.56 bits per heavy atom. The zero-order valence-electron chi connectivity index (χ0n) is 22.4. The molecule has 2 unspecified atom stereocenters. The molecular formula is C29H33Cl2N3O4S. The minimum absolute atomic E-state index is 0.000473. The van der Waals surface area contributed by atoms with Gasteiger partial charge in [0.15, 0.2) is 0 Å². The molecular weight excluding hydrogens is 557 g/mol. The lowest BCUT2D eigenvalue weighted by molar-refractivity contribution is -0.139. The first-order valence-corrected chi connectivity index (χ1v) is 14.8. The summed E-state index contributed by atoms with van der Waals surface area (Å²) in [5.74, 6) is -0.898. The molecule has 0 aliphatic heterocycles. The third kappa shape index (κ3) is 7.32. The number of nitrogens with one attached hydrogen (secondary N) is 1. The molecule has 0 aliphatic carbocycles. The molecule has 10 heteroatoms. The first-order valence-electron chi connectivity index (χ1n) is 12.6. The normalized spacial score (nSPS) is 12.9. The lowest BCUT2D eigenvalue weighted by Gasteiger charge is -2.33. The standard InChI is InChI=1S/C29H33Cl2N3O4S/c1-5-21(3)32-29(36)22(4)33(18-23-13-10-9-12-20(23)2)27(35)19-34(26-17-11-16-25(30)28(26)31)39(37,38)24-14-7-6-8-15-24/h6-17,21-22H,5,18-19H2,1-4H3,(H,32,36). The summed E-state index contributed by atoms with van der Waals surface area (Å²) in [4.78, 5) is 28.5. The second kappa shape index (κ2) is 13.3. The van der Waals surface area contributed by atoms with Gasteiger partial charge >= 0.3 is 0 Å². The molecule has 0 aliphatic rings. The van der Waals surface area contributed by atoms with Gasteiger partial charge in [0.25, 0.3) is 10.0 Å². The highest BCUT2D eigenvalue weighted by atomic mass is 35.5. The fourth-order valence-electron chi connectivity index (χ4n) is 3.94. The molecule has 3 aromatic carbocycles. The van der Waals surface area contributed by atoms with Crippen LogP contribution in [0.2, 0.25) is 10.0 Å². The van der Waals surface area contributed by atoms with Crippen LogP contribution >= 0.6 is 23.2 Å². The van der Waals surface area contributed by atoms with Gasteiger partial charge in [0.05, 0.1) is 20.6 Å². The molecule has 0 radical (unpaired) electrons. The van der Waals surface area contributed by atoms with E-state index in [1.807, 2.05) is 45.0 Å². The van der Waals surface area contributed by atoms with Crippen molar-refractivity contribution in [3.05, 3.63) is 94.0 Å². The fraction of sp³-hybridized carbons (Fsp3) is 0.310. The lowest BCUT2D eigenvalue weighted by Crippen LogP contribution is -2.52. The highest BCUT2D eigenvalue weighted by Crippen LogP contribution is 2.35. The van der Waals surface area contributed by atoms with E-state index in [1.54, 1.807) is 31.2 Å². The Balaban J connectivity index is 2.07. The minimum Gasteiger partial charge on any atom is -0.352 e. The molecule has 7 nitrogen and oxygen atoms in total. The Kier molecular flexibility index (Phi) is 10.4. The van der Waals surface area contributed by atoms with Gasteiger partial charge in [-0.1, -0.05) is 78.7 Å². The molecule has 0 spiro atoms. The van der Waals surface area contributed by atoms with Crippen LogP contribution in [0.1, 0.15) is 38.3 Å². The second-order valence-corrected chi connectivity index (χ2v) is 12.0. The predicted molar refractivity (Wildman–Crippen MR) is 157 cm³/mol. The number of anilines is 1. The van der Waals surface area contributed by atoms with E-state index >= 15 is 0 Å². The maximum atomic E-state index is 14.0. The first kappa shape index (κ1) is 30.5. The van der Waals surface area contributed by atoms with E-state index in [4.69, 9.17) is 23.2 Å². The van der Waals surface area contributed by atoms with E-state index in [0.717, 1.165) is 21.9 Å². The Hall–Kier alpha value is -3.07. The summed E-state index contributed by atoms with van der Waals surface area (Å²) in [5, 5.41) is 3.07. The van der Waals surface area contributed by atoms with Gasteiger partial charge in [-0.05, 0) is 62.6 Å².